The highest BCUT2D eigenvalue weighted by atomic mass is 16.5. The predicted molar refractivity (Wildman–Crippen MR) is 79.2 cm³/mol. The van der Waals surface area contributed by atoms with Gasteiger partial charge in [-0.3, -0.25) is 0 Å². The van der Waals surface area contributed by atoms with Crippen molar-refractivity contribution in [2.75, 3.05) is 7.11 Å². The van der Waals surface area contributed by atoms with Crippen LogP contribution in [0, 0.1) is 40.9 Å². The van der Waals surface area contributed by atoms with Crippen molar-refractivity contribution in [3.8, 4) is 12.1 Å². The molecule has 4 rings (SSSR count). The maximum atomic E-state index is 9.90. The summed E-state index contributed by atoms with van der Waals surface area (Å²) in [5, 5.41) is 19.8. The number of nitriles is 2. The number of hydrogen-bond acceptors (Lipinski definition) is 3. The third-order valence-electron chi connectivity index (χ3n) is 5.26. The van der Waals surface area contributed by atoms with Crippen LogP contribution >= 0.6 is 0 Å². The number of rotatable bonds is 2. The molecule has 3 aliphatic carbocycles. The lowest BCUT2D eigenvalue weighted by molar-refractivity contribution is -0.0826. The Hall–Kier alpha value is -2.10. The van der Waals surface area contributed by atoms with E-state index in [4.69, 9.17) is 4.74 Å². The van der Waals surface area contributed by atoms with Gasteiger partial charge in [0.2, 0.25) is 0 Å². The van der Waals surface area contributed by atoms with Crippen LogP contribution in [0.25, 0.3) is 0 Å². The van der Waals surface area contributed by atoms with E-state index in [0.29, 0.717) is 0 Å². The molecule has 0 radical (unpaired) electrons. The van der Waals surface area contributed by atoms with Gasteiger partial charge in [0.15, 0.2) is 5.41 Å². The zero-order chi connectivity index (χ0) is 15.1. The second-order valence-electron chi connectivity index (χ2n) is 6.02. The summed E-state index contributed by atoms with van der Waals surface area (Å²) in [6, 6.07) is 12.7. The highest BCUT2D eigenvalue weighted by molar-refractivity contribution is 5.46. The van der Waals surface area contributed by atoms with Gasteiger partial charge in [-0.15, -0.1) is 0 Å². The molecule has 0 heterocycles. The van der Waals surface area contributed by atoms with Gasteiger partial charge in [-0.1, -0.05) is 36.4 Å². The molecule has 3 atom stereocenters. The quantitative estimate of drug-likeness (QED) is 0.778. The van der Waals surface area contributed by atoms with E-state index in [1.54, 1.807) is 7.11 Å². The lowest BCUT2D eigenvalue weighted by Crippen LogP contribution is -2.58. The average molecular weight is 278 g/mol. The Labute approximate surface area is 125 Å². The van der Waals surface area contributed by atoms with Gasteiger partial charge in [0.25, 0.3) is 0 Å². The number of aryl methyl sites for hydroxylation is 1. The molecule has 3 heteroatoms. The first kappa shape index (κ1) is 13.9. The Morgan fingerprint density at radius 3 is 2.48 bits per heavy atom. The summed E-state index contributed by atoms with van der Waals surface area (Å²) in [6.45, 7) is 2.04. The average Bonchev–Trinajstić information content (AvgIpc) is 2.55. The van der Waals surface area contributed by atoms with Crippen LogP contribution in [0.1, 0.15) is 29.9 Å². The SMILES string of the molecule is COC12C=CC(CC1)C(c1ccccc1C)C2(C#N)C#N. The summed E-state index contributed by atoms with van der Waals surface area (Å²) in [5.74, 6) is 0.0924. The molecule has 3 aliphatic rings. The van der Waals surface area contributed by atoms with Crippen LogP contribution in [0.15, 0.2) is 36.4 Å². The van der Waals surface area contributed by atoms with Crippen LogP contribution in [0.5, 0.6) is 0 Å². The normalized spacial score (nSPS) is 32.4. The predicted octanol–water partition coefficient (Wildman–Crippen LogP) is 3.48. The standard InChI is InChI=1S/C18H18N2O/c1-13-5-3-4-6-15(13)16-14-7-9-18(21-2,10-8-14)17(16,11-19)12-20/h3-7,9,14,16H,8,10H2,1-2H3. The molecule has 106 valence electrons. The molecule has 0 aliphatic heterocycles. The van der Waals surface area contributed by atoms with E-state index in [1.807, 2.05) is 37.3 Å². The summed E-state index contributed by atoms with van der Waals surface area (Å²) in [6.07, 6.45) is 5.77. The zero-order valence-corrected chi connectivity index (χ0v) is 12.3. The fourth-order valence-electron chi connectivity index (χ4n) is 4.11. The van der Waals surface area contributed by atoms with Crippen molar-refractivity contribution in [3.05, 3.63) is 47.5 Å². The van der Waals surface area contributed by atoms with Gasteiger partial charge in [0.05, 0.1) is 12.1 Å². The monoisotopic (exact) mass is 278 g/mol. The molecule has 3 unspecified atom stereocenters. The molecule has 21 heavy (non-hydrogen) atoms. The van der Waals surface area contributed by atoms with E-state index in [9.17, 15) is 10.5 Å². The smallest absolute Gasteiger partial charge is 0.183 e. The second kappa shape index (κ2) is 4.72. The summed E-state index contributed by atoms with van der Waals surface area (Å²) in [4.78, 5) is 0. The Morgan fingerprint density at radius 1 is 1.24 bits per heavy atom. The molecule has 0 amide bonds. The Balaban J connectivity index is 2.26. The molecule has 1 saturated carbocycles. The molecule has 0 spiro atoms. The molecule has 0 N–H and O–H groups in total. The largest absolute Gasteiger partial charge is 0.371 e. The summed E-state index contributed by atoms with van der Waals surface area (Å²) >= 11 is 0. The number of methoxy groups -OCH3 is 1. The summed E-state index contributed by atoms with van der Waals surface area (Å²) in [7, 11) is 1.61. The van der Waals surface area contributed by atoms with Crippen molar-refractivity contribution in [1.29, 1.82) is 10.5 Å². The van der Waals surface area contributed by atoms with Crippen molar-refractivity contribution in [2.45, 2.75) is 31.3 Å². The highest BCUT2D eigenvalue weighted by Gasteiger charge is 2.64. The van der Waals surface area contributed by atoms with E-state index >= 15 is 0 Å². The van der Waals surface area contributed by atoms with Gasteiger partial charge < -0.3 is 4.74 Å². The molecule has 1 fully saturated rings. The highest BCUT2D eigenvalue weighted by Crippen LogP contribution is 2.60. The number of nitrogens with zero attached hydrogens (tertiary/aromatic N) is 2. The van der Waals surface area contributed by atoms with Crippen molar-refractivity contribution in [3.63, 3.8) is 0 Å². The third kappa shape index (κ3) is 1.62. The molecule has 0 aromatic heterocycles. The second-order valence-corrected chi connectivity index (χ2v) is 6.02. The minimum atomic E-state index is -1.16. The summed E-state index contributed by atoms with van der Waals surface area (Å²) < 4.78 is 5.72. The van der Waals surface area contributed by atoms with Crippen molar-refractivity contribution >= 4 is 0 Å². The number of allylic oxidation sites excluding steroid dienone is 1. The fraction of sp³-hybridized carbons (Fsp3) is 0.444. The minimum Gasteiger partial charge on any atom is -0.371 e. The molecule has 2 bridgehead atoms. The Kier molecular flexibility index (Phi) is 3.12. The third-order valence-corrected chi connectivity index (χ3v) is 5.26. The fourth-order valence-corrected chi connectivity index (χ4v) is 4.11. The van der Waals surface area contributed by atoms with Gasteiger partial charge in [0, 0.05) is 13.0 Å². The number of fused-ring (bicyclic) bond motifs is 2. The van der Waals surface area contributed by atoms with Crippen molar-refractivity contribution in [1.82, 2.24) is 0 Å². The molecular weight excluding hydrogens is 260 g/mol. The Morgan fingerprint density at radius 2 is 1.95 bits per heavy atom. The van der Waals surface area contributed by atoms with Crippen LogP contribution in [0.4, 0.5) is 0 Å². The lowest BCUT2D eigenvalue weighted by atomic mass is 9.50. The minimum absolute atomic E-state index is 0.132. The molecule has 3 nitrogen and oxygen atoms in total. The Bertz CT molecular complexity index is 665. The topological polar surface area (TPSA) is 56.8 Å². The molecule has 1 aromatic carbocycles. The number of ether oxygens (including phenoxy) is 1. The van der Waals surface area contributed by atoms with Gasteiger partial charge in [-0.25, -0.2) is 0 Å². The van der Waals surface area contributed by atoms with Gasteiger partial charge in [-0.05, 0) is 36.8 Å². The molecule has 0 saturated heterocycles. The van der Waals surface area contributed by atoms with Crippen molar-refractivity contribution < 1.29 is 4.74 Å². The van der Waals surface area contributed by atoms with Crippen LogP contribution in [-0.2, 0) is 4.74 Å². The number of hydrogen-bond donors (Lipinski definition) is 0. The summed E-state index contributed by atoms with van der Waals surface area (Å²) in [5.41, 5.74) is 0.268. The molecular formula is C18H18N2O. The van der Waals surface area contributed by atoms with E-state index in [-0.39, 0.29) is 11.8 Å². The van der Waals surface area contributed by atoms with Crippen LogP contribution in [-0.4, -0.2) is 12.7 Å². The number of benzene rings is 1. The van der Waals surface area contributed by atoms with Crippen LogP contribution in [0.2, 0.25) is 0 Å². The zero-order valence-electron chi connectivity index (χ0n) is 12.3. The molecule has 1 aromatic rings. The first-order valence-corrected chi connectivity index (χ1v) is 7.26. The maximum Gasteiger partial charge on any atom is 0.183 e. The van der Waals surface area contributed by atoms with Gasteiger partial charge in [-0.2, -0.15) is 10.5 Å². The maximum absolute atomic E-state index is 9.90. The lowest BCUT2D eigenvalue weighted by Gasteiger charge is -2.54. The van der Waals surface area contributed by atoms with E-state index in [2.05, 4.69) is 18.2 Å². The van der Waals surface area contributed by atoms with Gasteiger partial charge >= 0.3 is 0 Å². The van der Waals surface area contributed by atoms with Crippen molar-refractivity contribution in [2.24, 2.45) is 11.3 Å². The van der Waals surface area contributed by atoms with E-state index in [0.717, 1.165) is 24.0 Å². The first-order chi connectivity index (χ1) is 10.1. The first-order valence-electron chi connectivity index (χ1n) is 7.26. The van der Waals surface area contributed by atoms with E-state index < -0.39 is 11.0 Å². The van der Waals surface area contributed by atoms with Crippen LogP contribution in [0.3, 0.4) is 0 Å². The van der Waals surface area contributed by atoms with E-state index in [1.165, 1.54) is 0 Å². The van der Waals surface area contributed by atoms with Crippen LogP contribution < -0.4 is 0 Å². The van der Waals surface area contributed by atoms with Gasteiger partial charge in [0.1, 0.15) is 5.60 Å².